The van der Waals surface area contributed by atoms with Crippen molar-refractivity contribution < 1.29 is 0 Å². The predicted molar refractivity (Wildman–Crippen MR) is 105 cm³/mol. The zero-order valence-electron chi connectivity index (χ0n) is 9.99. The minimum absolute atomic E-state index is 0.170. The van der Waals surface area contributed by atoms with E-state index in [1.807, 2.05) is 35.3 Å². The third-order valence-corrected chi connectivity index (χ3v) is 8.35. The second-order valence-electron chi connectivity index (χ2n) is 3.42. The largest absolute Gasteiger partial charge is 0.178 e. The first-order valence-corrected chi connectivity index (χ1v) is 11.1. The molecule has 0 amide bonds. The maximum absolute atomic E-state index is 4.42. The van der Waals surface area contributed by atoms with Crippen LogP contribution in [0.2, 0.25) is 0 Å². The Morgan fingerprint density at radius 2 is 1.41 bits per heavy atom. The molecule has 0 spiro atoms. The van der Waals surface area contributed by atoms with Crippen molar-refractivity contribution in [2.75, 3.05) is 34.5 Å². The van der Waals surface area contributed by atoms with Gasteiger partial charge in [0.2, 0.25) is 0 Å². The summed E-state index contributed by atoms with van der Waals surface area (Å²) in [6.45, 7) is 2.21. The summed E-state index contributed by atoms with van der Waals surface area (Å²) in [6.07, 6.45) is 0. The predicted octanol–water partition coefficient (Wildman–Crippen LogP) is 3.99. The van der Waals surface area contributed by atoms with Crippen LogP contribution in [0.4, 0.5) is 0 Å². The van der Waals surface area contributed by atoms with Crippen LogP contribution in [0.1, 0.15) is 6.92 Å². The molecule has 0 aliphatic rings. The molecule has 2 atom stereocenters. The molecule has 0 aromatic heterocycles. The van der Waals surface area contributed by atoms with Crippen molar-refractivity contribution in [2.24, 2.45) is 0 Å². The van der Waals surface area contributed by atoms with Crippen LogP contribution in [0.15, 0.2) is 0 Å². The number of hydrogen-bond donors (Lipinski definition) is 4. The van der Waals surface area contributed by atoms with Gasteiger partial charge in [-0.1, -0.05) is 6.92 Å². The first-order valence-electron chi connectivity index (χ1n) is 5.52. The molecule has 0 fully saturated rings. The fourth-order valence-corrected chi connectivity index (χ4v) is 5.95. The van der Waals surface area contributed by atoms with Gasteiger partial charge in [0, 0.05) is 39.3 Å². The van der Waals surface area contributed by atoms with Crippen molar-refractivity contribution in [1.82, 2.24) is 0 Å². The molecule has 0 aromatic carbocycles. The molecule has 0 aliphatic carbocycles. The molecule has 17 heavy (non-hydrogen) atoms. The fraction of sp³-hybridized carbons (Fsp3) is 1.00. The van der Waals surface area contributed by atoms with E-state index in [2.05, 4.69) is 57.4 Å². The normalized spacial score (nSPS) is 15.2. The zero-order chi connectivity index (χ0) is 13.1. The zero-order valence-corrected chi connectivity index (χ0v) is 16.0. The average molecular weight is 367 g/mol. The Morgan fingerprint density at radius 1 is 0.882 bits per heavy atom. The van der Waals surface area contributed by atoms with Crippen molar-refractivity contribution in [3.05, 3.63) is 0 Å². The highest BCUT2D eigenvalue weighted by atomic mass is 32.2. The first kappa shape index (κ1) is 19.4. The van der Waals surface area contributed by atoms with Crippen molar-refractivity contribution in [3.63, 3.8) is 0 Å². The van der Waals surface area contributed by atoms with E-state index >= 15 is 0 Å². The standard InChI is InChI=1S/C10H22S7/c1-2-15-5-8(3-11)16-6-9(4-12)17-7-10(13)14/h8-14H,2-7H2,1H3. The summed E-state index contributed by atoms with van der Waals surface area (Å²) in [5.41, 5.74) is 0. The summed E-state index contributed by atoms with van der Waals surface area (Å²) in [5, 5.41) is 1.26. The lowest BCUT2D eigenvalue weighted by atomic mass is 10.5. The van der Waals surface area contributed by atoms with Crippen LogP contribution in [-0.2, 0) is 0 Å². The molecule has 0 heterocycles. The lowest BCUT2D eigenvalue weighted by Crippen LogP contribution is -2.17. The molecule has 0 bridgehead atoms. The van der Waals surface area contributed by atoms with E-state index in [1.165, 1.54) is 11.5 Å². The molecule has 7 heteroatoms. The molecule has 0 aliphatic heterocycles. The first-order chi connectivity index (χ1) is 8.13. The Hall–Kier alpha value is 2.45. The number of thioether (sulfide) groups is 3. The van der Waals surface area contributed by atoms with Gasteiger partial charge in [0.1, 0.15) is 0 Å². The summed E-state index contributed by atoms with van der Waals surface area (Å²) in [5.74, 6) is 6.41. The third kappa shape index (κ3) is 11.9. The number of hydrogen-bond acceptors (Lipinski definition) is 7. The average Bonchev–Trinajstić information content (AvgIpc) is 2.32. The molecular weight excluding hydrogens is 345 g/mol. The van der Waals surface area contributed by atoms with Crippen LogP contribution in [0.5, 0.6) is 0 Å². The smallest absolute Gasteiger partial charge is 0.0532 e. The maximum atomic E-state index is 4.42. The van der Waals surface area contributed by atoms with Crippen molar-refractivity contribution in [1.29, 1.82) is 0 Å². The molecule has 2 unspecified atom stereocenters. The minimum Gasteiger partial charge on any atom is -0.178 e. The van der Waals surface area contributed by atoms with Gasteiger partial charge in [-0.2, -0.15) is 85.8 Å². The second kappa shape index (κ2) is 13.4. The van der Waals surface area contributed by atoms with E-state index < -0.39 is 0 Å². The topological polar surface area (TPSA) is 0 Å². The molecule has 0 saturated carbocycles. The summed E-state index contributed by atoms with van der Waals surface area (Å²) in [4.78, 5) is 0. The quantitative estimate of drug-likeness (QED) is 0.323. The van der Waals surface area contributed by atoms with Gasteiger partial charge in [-0.25, -0.2) is 0 Å². The van der Waals surface area contributed by atoms with E-state index in [-0.39, 0.29) is 4.58 Å². The lowest BCUT2D eigenvalue weighted by Gasteiger charge is -2.18. The molecule has 0 saturated heterocycles. The van der Waals surface area contributed by atoms with Gasteiger partial charge in [0.25, 0.3) is 0 Å². The van der Waals surface area contributed by atoms with Gasteiger partial charge in [-0.3, -0.25) is 0 Å². The maximum Gasteiger partial charge on any atom is 0.0532 e. The summed E-state index contributed by atoms with van der Waals surface area (Å²) in [7, 11) is 0. The fourth-order valence-electron chi connectivity index (χ4n) is 1.02. The van der Waals surface area contributed by atoms with Gasteiger partial charge < -0.3 is 0 Å². The van der Waals surface area contributed by atoms with Gasteiger partial charge in [0.15, 0.2) is 0 Å². The van der Waals surface area contributed by atoms with Crippen LogP contribution in [0, 0.1) is 0 Å². The van der Waals surface area contributed by atoms with E-state index in [0.717, 1.165) is 23.0 Å². The molecule has 0 N–H and O–H groups in total. The monoisotopic (exact) mass is 366 g/mol. The highest BCUT2D eigenvalue weighted by Gasteiger charge is 2.13. The number of rotatable bonds is 11. The number of thiol groups is 4. The van der Waals surface area contributed by atoms with Crippen LogP contribution < -0.4 is 0 Å². The van der Waals surface area contributed by atoms with Gasteiger partial charge in [0.05, 0.1) is 4.58 Å². The van der Waals surface area contributed by atoms with Crippen molar-refractivity contribution in [3.8, 4) is 0 Å². The molecular formula is C10H22S7. The Morgan fingerprint density at radius 3 is 1.88 bits per heavy atom. The van der Waals surface area contributed by atoms with Gasteiger partial charge in [-0.05, 0) is 5.75 Å². The molecule has 0 radical (unpaired) electrons. The Labute approximate surface area is 141 Å². The van der Waals surface area contributed by atoms with Crippen LogP contribution in [0.3, 0.4) is 0 Å². The minimum atomic E-state index is 0.170. The summed E-state index contributed by atoms with van der Waals surface area (Å²) < 4.78 is 0.170. The van der Waals surface area contributed by atoms with Gasteiger partial charge >= 0.3 is 0 Å². The van der Waals surface area contributed by atoms with Crippen LogP contribution >= 0.6 is 85.8 Å². The van der Waals surface area contributed by atoms with Gasteiger partial charge in [-0.15, -0.1) is 0 Å². The Bertz CT molecular complexity index is 165. The molecule has 0 rings (SSSR count). The van der Waals surface area contributed by atoms with E-state index in [4.69, 9.17) is 0 Å². The molecule has 0 nitrogen and oxygen atoms in total. The van der Waals surface area contributed by atoms with Crippen molar-refractivity contribution in [2.45, 2.75) is 22.0 Å². The summed E-state index contributed by atoms with van der Waals surface area (Å²) in [6, 6.07) is 0. The van der Waals surface area contributed by atoms with Crippen LogP contribution in [-0.4, -0.2) is 49.6 Å². The molecule has 0 aromatic rings. The summed E-state index contributed by atoms with van der Waals surface area (Å²) >= 11 is 23.3. The molecule has 104 valence electrons. The highest BCUT2D eigenvalue weighted by Crippen LogP contribution is 2.25. The Kier molecular flexibility index (Phi) is 15.4. The van der Waals surface area contributed by atoms with E-state index in [1.54, 1.807) is 0 Å². The third-order valence-electron chi connectivity index (χ3n) is 1.91. The Balaban J connectivity index is 3.77. The van der Waals surface area contributed by atoms with E-state index in [9.17, 15) is 0 Å². The van der Waals surface area contributed by atoms with Crippen molar-refractivity contribution >= 4 is 85.8 Å². The van der Waals surface area contributed by atoms with E-state index in [0.29, 0.717) is 10.5 Å². The lowest BCUT2D eigenvalue weighted by molar-refractivity contribution is 1.11. The second-order valence-corrected chi connectivity index (χ2v) is 9.79. The highest BCUT2D eigenvalue weighted by molar-refractivity contribution is 8.07. The SMILES string of the molecule is CCSCC(CS)SCC(CS)SCC(S)S. The van der Waals surface area contributed by atoms with Crippen LogP contribution in [0.25, 0.3) is 0 Å².